The van der Waals surface area contributed by atoms with Crippen LogP contribution in [0.5, 0.6) is 5.75 Å². The Balaban J connectivity index is 1.33. The van der Waals surface area contributed by atoms with Crippen molar-refractivity contribution in [1.29, 1.82) is 0 Å². The molecule has 5 rings (SSSR count). The fraction of sp³-hybridized carbons (Fsp3) is 0.429. The molecule has 0 radical (unpaired) electrons. The second-order valence-electron chi connectivity index (χ2n) is 10.5. The first kappa shape index (κ1) is 27.8. The van der Waals surface area contributed by atoms with Crippen LogP contribution in [0.15, 0.2) is 42.6 Å². The van der Waals surface area contributed by atoms with Crippen LogP contribution in [0.1, 0.15) is 36.8 Å². The number of aryl methyl sites for hydroxylation is 2. The minimum atomic E-state index is -2.98. The Morgan fingerprint density at radius 2 is 1.79 bits per heavy atom. The van der Waals surface area contributed by atoms with Gasteiger partial charge in [-0.25, -0.2) is 4.98 Å². The number of nitrogens with one attached hydrogen (secondary N) is 2. The quantitative estimate of drug-likeness (QED) is 0.226. The van der Waals surface area contributed by atoms with Crippen molar-refractivity contribution < 1.29 is 18.1 Å². The molecule has 0 saturated carbocycles. The molecule has 39 heavy (non-hydrogen) atoms. The highest BCUT2D eigenvalue weighted by Gasteiger charge is 2.25. The Morgan fingerprint density at radius 3 is 2.51 bits per heavy atom. The third-order valence-corrected chi connectivity index (χ3v) is 9.19. The van der Waals surface area contributed by atoms with Gasteiger partial charge in [0.25, 0.3) is 0 Å². The zero-order chi connectivity index (χ0) is 27.6. The van der Waals surface area contributed by atoms with Crippen LogP contribution in [-0.4, -0.2) is 53.9 Å². The first-order valence-corrected chi connectivity index (χ1v) is 16.2. The number of benzene rings is 2. The summed E-state index contributed by atoms with van der Waals surface area (Å²) >= 11 is 6.38. The molecule has 2 aliphatic rings. The van der Waals surface area contributed by atoms with E-state index in [4.69, 9.17) is 11.6 Å². The standard InChI is InChI=1S/C28H33ClF2N5O2P/c1-39(2,37)25-16-22(38-27(30)31)11-12-24(25)34-26-23(29)17-32-28(35-26)33-20-8-5-18-6-9-21(10-7-19(18)15-20)36-13-3-4-14-36/h5,8,11-12,15-17,21,27H,3-4,6-7,9-10,13-14H2,1-2H3,(H2,32,33,34,35). The number of rotatable bonds is 8. The first-order valence-electron chi connectivity index (χ1n) is 13.2. The molecule has 1 saturated heterocycles. The molecule has 2 aromatic carbocycles. The summed E-state index contributed by atoms with van der Waals surface area (Å²) in [4.78, 5) is 11.5. The van der Waals surface area contributed by atoms with Crippen LogP contribution in [0.4, 0.5) is 31.9 Å². The maximum atomic E-state index is 12.9. The smallest absolute Gasteiger partial charge is 0.387 e. The Hall–Kier alpha value is -2.74. The van der Waals surface area contributed by atoms with Gasteiger partial charge in [-0.3, -0.25) is 0 Å². The van der Waals surface area contributed by atoms with Crippen LogP contribution in [0.25, 0.3) is 0 Å². The average molecular weight is 576 g/mol. The highest BCUT2D eigenvalue weighted by atomic mass is 35.5. The molecule has 7 nitrogen and oxygen atoms in total. The maximum absolute atomic E-state index is 12.9. The van der Waals surface area contributed by atoms with Crippen molar-refractivity contribution in [2.75, 3.05) is 37.1 Å². The molecule has 0 bridgehead atoms. The average Bonchev–Trinajstić information content (AvgIpc) is 3.33. The van der Waals surface area contributed by atoms with Gasteiger partial charge in [-0.15, -0.1) is 0 Å². The van der Waals surface area contributed by atoms with Gasteiger partial charge in [0.2, 0.25) is 5.95 Å². The molecule has 2 N–H and O–H groups in total. The van der Waals surface area contributed by atoms with Crippen LogP contribution >= 0.6 is 18.7 Å². The van der Waals surface area contributed by atoms with Gasteiger partial charge < -0.3 is 24.8 Å². The fourth-order valence-electron chi connectivity index (χ4n) is 5.45. The third-order valence-electron chi connectivity index (χ3n) is 7.38. The van der Waals surface area contributed by atoms with Gasteiger partial charge in [0.15, 0.2) is 5.82 Å². The fourth-order valence-corrected chi connectivity index (χ4v) is 6.74. The maximum Gasteiger partial charge on any atom is 0.387 e. The molecule has 11 heteroatoms. The SMILES string of the molecule is CP(C)(=O)c1cc(OC(F)F)ccc1Nc1nc(Nc2ccc3c(c2)CCC(N2CCCC2)CC3)ncc1Cl. The topological polar surface area (TPSA) is 79.4 Å². The van der Waals surface area contributed by atoms with Gasteiger partial charge in [0.05, 0.1) is 11.9 Å². The van der Waals surface area contributed by atoms with Crippen LogP contribution in [0.2, 0.25) is 5.02 Å². The summed E-state index contributed by atoms with van der Waals surface area (Å²) in [5.74, 6) is 0.580. The third kappa shape index (κ3) is 6.89. The van der Waals surface area contributed by atoms with Crippen molar-refractivity contribution in [1.82, 2.24) is 14.9 Å². The van der Waals surface area contributed by atoms with Crippen molar-refractivity contribution in [2.45, 2.75) is 51.2 Å². The van der Waals surface area contributed by atoms with Crippen molar-refractivity contribution in [3.63, 3.8) is 0 Å². The van der Waals surface area contributed by atoms with E-state index in [9.17, 15) is 13.3 Å². The molecule has 208 valence electrons. The van der Waals surface area contributed by atoms with E-state index < -0.39 is 13.8 Å². The van der Waals surface area contributed by atoms with E-state index >= 15 is 0 Å². The summed E-state index contributed by atoms with van der Waals surface area (Å²) in [6.07, 6.45) is 8.61. The lowest BCUT2D eigenvalue weighted by atomic mass is 10.0. The van der Waals surface area contributed by atoms with E-state index in [2.05, 4.69) is 42.4 Å². The van der Waals surface area contributed by atoms with Crippen LogP contribution < -0.4 is 20.7 Å². The molecule has 2 heterocycles. The highest BCUT2D eigenvalue weighted by molar-refractivity contribution is 7.70. The number of anilines is 4. The summed E-state index contributed by atoms with van der Waals surface area (Å²) in [6, 6.07) is 11.3. The van der Waals surface area contributed by atoms with Gasteiger partial charge in [0, 0.05) is 17.0 Å². The van der Waals surface area contributed by atoms with E-state index in [1.165, 1.54) is 74.3 Å². The second-order valence-corrected chi connectivity index (χ2v) is 14.1. The van der Waals surface area contributed by atoms with Gasteiger partial charge in [-0.05, 0) is 106 Å². The molecule has 1 aliphatic heterocycles. The molecule has 0 spiro atoms. The minimum absolute atomic E-state index is 0.0689. The number of alkyl halides is 2. The van der Waals surface area contributed by atoms with E-state index in [0.29, 0.717) is 28.8 Å². The number of aromatic nitrogens is 2. The van der Waals surface area contributed by atoms with Gasteiger partial charge in [0.1, 0.15) is 17.9 Å². The highest BCUT2D eigenvalue weighted by Crippen LogP contribution is 2.40. The molecule has 3 aromatic rings. The summed E-state index contributed by atoms with van der Waals surface area (Å²) in [5.41, 5.74) is 4.08. The molecule has 1 atom stereocenters. The summed E-state index contributed by atoms with van der Waals surface area (Å²) in [5, 5.41) is 6.99. The Labute approximate surface area is 232 Å². The summed E-state index contributed by atoms with van der Waals surface area (Å²) in [7, 11) is -2.86. The van der Waals surface area contributed by atoms with Gasteiger partial charge in [-0.2, -0.15) is 13.8 Å². The number of hydrogen-bond donors (Lipinski definition) is 2. The van der Waals surface area contributed by atoms with Crippen molar-refractivity contribution >= 4 is 47.2 Å². The lowest BCUT2D eigenvalue weighted by Gasteiger charge is -2.25. The van der Waals surface area contributed by atoms with Crippen molar-refractivity contribution in [3.8, 4) is 5.75 Å². The van der Waals surface area contributed by atoms with E-state index in [0.717, 1.165) is 18.5 Å². The molecular weight excluding hydrogens is 543 g/mol. The predicted molar refractivity (Wildman–Crippen MR) is 153 cm³/mol. The molecule has 1 aliphatic carbocycles. The monoisotopic (exact) mass is 575 g/mol. The van der Waals surface area contributed by atoms with Crippen LogP contribution in [-0.2, 0) is 17.4 Å². The zero-order valence-corrected chi connectivity index (χ0v) is 23.7. The number of ether oxygens (including phenoxy) is 1. The van der Waals surface area contributed by atoms with E-state index in [1.54, 1.807) is 13.3 Å². The van der Waals surface area contributed by atoms with Gasteiger partial charge >= 0.3 is 6.61 Å². The molecular formula is C28H33ClF2N5O2P. The first-order chi connectivity index (χ1) is 18.7. The second kappa shape index (κ2) is 11.8. The molecule has 0 amide bonds. The summed E-state index contributed by atoms with van der Waals surface area (Å²) < 4.78 is 42.9. The lowest BCUT2D eigenvalue weighted by Crippen LogP contribution is -2.32. The van der Waals surface area contributed by atoms with Crippen LogP contribution in [0, 0.1) is 0 Å². The predicted octanol–water partition coefficient (Wildman–Crippen LogP) is 6.81. The Bertz CT molecular complexity index is 1380. The van der Waals surface area contributed by atoms with E-state index in [-0.39, 0.29) is 10.8 Å². The molecule has 1 unspecified atom stereocenters. The van der Waals surface area contributed by atoms with E-state index in [1.807, 2.05) is 6.07 Å². The largest absolute Gasteiger partial charge is 0.435 e. The van der Waals surface area contributed by atoms with Crippen molar-refractivity contribution in [3.05, 3.63) is 58.7 Å². The van der Waals surface area contributed by atoms with Crippen LogP contribution in [0.3, 0.4) is 0 Å². The molecule has 1 aromatic heterocycles. The van der Waals surface area contributed by atoms with Gasteiger partial charge in [-0.1, -0.05) is 17.7 Å². The Morgan fingerprint density at radius 1 is 1.05 bits per heavy atom. The summed E-state index contributed by atoms with van der Waals surface area (Å²) in [6.45, 7) is 2.58. The number of hydrogen-bond acceptors (Lipinski definition) is 7. The minimum Gasteiger partial charge on any atom is -0.435 e. The number of likely N-dealkylation sites (tertiary alicyclic amines) is 1. The lowest BCUT2D eigenvalue weighted by molar-refractivity contribution is -0.0497. The number of halogens is 3. The molecule has 1 fully saturated rings. The number of nitrogens with zero attached hydrogens (tertiary/aromatic N) is 3. The zero-order valence-electron chi connectivity index (χ0n) is 22.1. The van der Waals surface area contributed by atoms with Crippen molar-refractivity contribution in [2.24, 2.45) is 0 Å². The Kier molecular flexibility index (Phi) is 8.40. The normalized spacial score (nSPS) is 18.1. The number of fused-ring (bicyclic) bond motifs is 1.